The Morgan fingerprint density at radius 3 is 2.80 bits per heavy atom. The van der Waals surface area contributed by atoms with E-state index in [9.17, 15) is 8.42 Å². The van der Waals surface area contributed by atoms with Crippen LogP contribution in [-0.4, -0.2) is 39.0 Å². The molecule has 15 heavy (non-hydrogen) atoms. The lowest BCUT2D eigenvalue weighted by atomic mass is 10.0. The maximum absolute atomic E-state index is 10.6. The zero-order chi connectivity index (χ0) is 11.3. The van der Waals surface area contributed by atoms with E-state index in [1.165, 1.54) is 19.3 Å². The Hall–Kier alpha value is 0.160. The van der Waals surface area contributed by atoms with E-state index in [0.717, 1.165) is 19.5 Å². The summed E-state index contributed by atoms with van der Waals surface area (Å²) in [5.74, 6) is 0. The molecule has 0 aromatic heterocycles. The molecule has 0 saturated carbocycles. The second kappa shape index (κ2) is 6.03. The summed E-state index contributed by atoms with van der Waals surface area (Å²) in [6.07, 6.45) is 4.63. The van der Waals surface area contributed by atoms with Crippen LogP contribution in [0.15, 0.2) is 0 Å². The number of piperidine rings is 1. The van der Waals surface area contributed by atoms with Crippen LogP contribution in [-0.2, 0) is 9.24 Å². The van der Waals surface area contributed by atoms with Gasteiger partial charge in [-0.3, -0.25) is 0 Å². The minimum absolute atomic E-state index is 0.426. The Balaban J connectivity index is 2.14. The molecule has 90 valence electrons. The summed E-state index contributed by atoms with van der Waals surface area (Å²) in [6, 6.07) is 0.631. The van der Waals surface area contributed by atoms with Crippen LogP contribution in [0.4, 0.5) is 0 Å². The van der Waals surface area contributed by atoms with Gasteiger partial charge in [0.2, 0.25) is 0 Å². The van der Waals surface area contributed by atoms with Gasteiger partial charge in [0.15, 0.2) is 0 Å². The van der Waals surface area contributed by atoms with Gasteiger partial charge >= 0.3 is 0 Å². The molecule has 0 aliphatic carbocycles. The van der Waals surface area contributed by atoms with Crippen LogP contribution in [0.1, 0.15) is 32.6 Å². The summed E-state index contributed by atoms with van der Waals surface area (Å²) in [6.45, 7) is 4.73. The third-order valence-electron chi connectivity index (χ3n) is 2.84. The number of nitrogens with zero attached hydrogens (tertiary/aromatic N) is 1. The van der Waals surface area contributed by atoms with Crippen molar-refractivity contribution in [1.82, 2.24) is 9.62 Å². The van der Waals surface area contributed by atoms with Gasteiger partial charge in [-0.15, -0.1) is 0 Å². The normalized spacial score (nSPS) is 24.3. The van der Waals surface area contributed by atoms with Gasteiger partial charge in [-0.2, -0.15) is 8.42 Å². The zero-order valence-electron chi connectivity index (χ0n) is 9.08. The highest BCUT2D eigenvalue weighted by Gasteiger charge is 2.17. The van der Waals surface area contributed by atoms with E-state index in [1.807, 2.05) is 0 Å². The molecule has 0 bridgehead atoms. The molecule has 0 aromatic rings. The van der Waals surface area contributed by atoms with E-state index in [4.69, 9.17) is 10.7 Å². The molecular weight excluding hydrogens is 236 g/mol. The predicted octanol–water partition coefficient (Wildman–Crippen LogP) is 1.32. The molecule has 1 aliphatic rings. The number of likely N-dealkylation sites (tertiary alicyclic amines) is 1. The topological polar surface area (TPSA) is 49.4 Å². The van der Waals surface area contributed by atoms with Gasteiger partial charge in [0.1, 0.15) is 0 Å². The molecule has 0 aromatic carbocycles. The molecule has 6 heteroatoms. The third-order valence-corrected chi connectivity index (χ3v) is 3.71. The standard InChI is InChI=1S/C9H19ClN2O2S/c1-9-5-2-3-7-12(9)8-4-6-11-15(10,13)14/h9,11H,2-8H2,1H3. The Morgan fingerprint density at radius 1 is 1.47 bits per heavy atom. The molecule has 1 unspecified atom stereocenters. The largest absolute Gasteiger partial charge is 0.301 e. The van der Waals surface area contributed by atoms with E-state index < -0.39 is 9.24 Å². The lowest BCUT2D eigenvalue weighted by Gasteiger charge is -2.33. The van der Waals surface area contributed by atoms with Crippen molar-refractivity contribution in [2.45, 2.75) is 38.6 Å². The van der Waals surface area contributed by atoms with Crippen molar-refractivity contribution in [2.75, 3.05) is 19.6 Å². The summed E-state index contributed by atoms with van der Waals surface area (Å²) in [5, 5.41) is 0. The van der Waals surface area contributed by atoms with Crippen LogP contribution in [0.5, 0.6) is 0 Å². The maximum atomic E-state index is 10.6. The third kappa shape index (κ3) is 5.70. The van der Waals surface area contributed by atoms with Crippen LogP contribution < -0.4 is 4.72 Å². The summed E-state index contributed by atoms with van der Waals surface area (Å²) >= 11 is 0. The molecule has 0 radical (unpaired) electrons. The highest BCUT2D eigenvalue weighted by molar-refractivity contribution is 8.12. The molecular formula is C9H19ClN2O2S. The fourth-order valence-electron chi connectivity index (χ4n) is 1.97. The van der Waals surface area contributed by atoms with Crippen molar-refractivity contribution >= 4 is 19.9 Å². The van der Waals surface area contributed by atoms with Gasteiger partial charge in [0, 0.05) is 23.3 Å². The SMILES string of the molecule is CC1CCCCN1CCCNS(=O)(=O)Cl. The van der Waals surface area contributed by atoms with Gasteiger partial charge in [0.05, 0.1) is 0 Å². The Labute approximate surface area is 96.5 Å². The Bertz CT molecular complexity index is 282. The van der Waals surface area contributed by atoms with Gasteiger partial charge < -0.3 is 4.90 Å². The smallest absolute Gasteiger partial charge is 0.297 e. The quantitative estimate of drug-likeness (QED) is 0.595. The molecule has 0 amide bonds. The van der Waals surface area contributed by atoms with Crippen LogP contribution in [0.2, 0.25) is 0 Å². The lowest BCUT2D eigenvalue weighted by molar-refractivity contribution is 0.159. The summed E-state index contributed by atoms with van der Waals surface area (Å²) in [7, 11) is 1.49. The van der Waals surface area contributed by atoms with E-state index in [1.54, 1.807) is 0 Å². The Morgan fingerprint density at radius 2 is 2.20 bits per heavy atom. The van der Waals surface area contributed by atoms with Crippen molar-refractivity contribution in [3.63, 3.8) is 0 Å². The van der Waals surface area contributed by atoms with Gasteiger partial charge in [-0.1, -0.05) is 6.42 Å². The minimum Gasteiger partial charge on any atom is -0.301 e. The van der Waals surface area contributed by atoms with Crippen molar-refractivity contribution in [2.24, 2.45) is 0 Å². The first-order chi connectivity index (χ1) is 6.99. The molecule has 1 fully saturated rings. The van der Waals surface area contributed by atoms with Crippen LogP contribution in [0.25, 0.3) is 0 Å². The second-order valence-electron chi connectivity index (χ2n) is 4.07. The van der Waals surface area contributed by atoms with Gasteiger partial charge in [-0.25, -0.2) is 4.72 Å². The number of hydrogen-bond donors (Lipinski definition) is 1. The number of hydrogen-bond acceptors (Lipinski definition) is 3. The van der Waals surface area contributed by atoms with E-state index >= 15 is 0 Å². The molecule has 4 nitrogen and oxygen atoms in total. The number of nitrogens with one attached hydrogen (secondary N) is 1. The molecule has 1 N–H and O–H groups in total. The summed E-state index contributed by atoms with van der Waals surface area (Å²) < 4.78 is 23.5. The molecule has 1 rings (SSSR count). The number of halogens is 1. The first-order valence-corrected chi connectivity index (χ1v) is 7.73. The highest BCUT2D eigenvalue weighted by atomic mass is 35.7. The van der Waals surface area contributed by atoms with Crippen molar-refractivity contribution in [1.29, 1.82) is 0 Å². The summed E-state index contributed by atoms with van der Waals surface area (Å²) in [4.78, 5) is 2.41. The highest BCUT2D eigenvalue weighted by Crippen LogP contribution is 2.16. The fraction of sp³-hybridized carbons (Fsp3) is 1.00. The lowest BCUT2D eigenvalue weighted by Crippen LogP contribution is -2.39. The van der Waals surface area contributed by atoms with Crippen molar-refractivity contribution in [3.8, 4) is 0 Å². The van der Waals surface area contributed by atoms with E-state index in [-0.39, 0.29) is 0 Å². The van der Waals surface area contributed by atoms with Crippen molar-refractivity contribution < 1.29 is 8.42 Å². The average Bonchev–Trinajstić information content (AvgIpc) is 2.13. The maximum Gasteiger partial charge on any atom is 0.297 e. The Kier molecular flexibility index (Phi) is 5.32. The second-order valence-corrected chi connectivity index (χ2v) is 6.45. The molecule has 0 spiro atoms. The van der Waals surface area contributed by atoms with Crippen LogP contribution in [0, 0.1) is 0 Å². The molecule has 1 aliphatic heterocycles. The minimum atomic E-state index is -3.54. The monoisotopic (exact) mass is 254 g/mol. The van der Waals surface area contributed by atoms with Crippen LogP contribution in [0.3, 0.4) is 0 Å². The summed E-state index contributed by atoms with van der Waals surface area (Å²) in [5.41, 5.74) is 0. The first kappa shape index (κ1) is 13.2. The van der Waals surface area contributed by atoms with Gasteiger partial charge in [-0.05, 0) is 39.3 Å². The van der Waals surface area contributed by atoms with E-state index in [0.29, 0.717) is 12.6 Å². The first-order valence-electron chi connectivity index (χ1n) is 5.42. The van der Waals surface area contributed by atoms with E-state index in [2.05, 4.69) is 16.5 Å². The zero-order valence-corrected chi connectivity index (χ0v) is 10.6. The predicted molar refractivity (Wildman–Crippen MR) is 62.3 cm³/mol. The number of rotatable bonds is 5. The average molecular weight is 255 g/mol. The van der Waals surface area contributed by atoms with Crippen LogP contribution >= 0.6 is 10.7 Å². The van der Waals surface area contributed by atoms with Crippen molar-refractivity contribution in [3.05, 3.63) is 0 Å². The fourth-order valence-corrected chi connectivity index (χ4v) is 2.59. The molecule has 1 saturated heterocycles. The molecule has 1 atom stereocenters. The molecule has 1 heterocycles. The van der Waals surface area contributed by atoms with Gasteiger partial charge in [0.25, 0.3) is 9.24 Å².